The summed E-state index contributed by atoms with van der Waals surface area (Å²) in [6, 6.07) is 12.3. The molecule has 0 spiro atoms. The van der Waals surface area contributed by atoms with E-state index in [4.69, 9.17) is 0 Å². The predicted molar refractivity (Wildman–Crippen MR) is 95.0 cm³/mol. The van der Waals surface area contributed by atoms with Gasteiger partial charge in [-0.3, -0.25) is 4.79 Å². The Kier molecular flexibility index (Phi) is 4.20. The monoisotopic (exact) mass is 306 g/mol. The fourth-order valence-corrected chi connectivity index (χ4v) is 3.02. The highest BCUT2D eigenvalue weighted by Crippen LogP contribution is 2.19. The van der Waals surface area contributed by atoms with Gasteiger partial charge in [0, 0.05) is 29.2 Å². The first-order valence-corrected chi connectivity index (χ1v) is 7.96. The standard InChI is InChI=1S/C20H22N2O/c1-13-4-5-19-18(11-13)16(12-22-19)6-7-21-20(23)17-9-14(2)8-15(3)10-17/h4-5,8-12,22H,6-7H2,1-3H3,(H,21,23). The van der Waals surface area contributed by atoms with E-state index in [0.717, 1.165) is 28.6 Å². The van der Waals surface area contributed by atoms with E-state index < -0.39 is 0 Å². The molecule has 0 aliphatic carbocycles. The van der Waals surface area contributed by atoms with Crippen LogP contribution in [0.4, 0.5) is 0 Å². The molecule has 118 valence electrons. The SMILES string of the molecule is Cc1cc(C)cc(C(=O)NCCc2c[nH]c3ccc(C)cc23)c1. The van der Waals surface area contributed by atoms with Crippen molar-refractivity contribution < 1.29 is 4.79 Å². The number of aromatic amines is 1. The first-order chi connectivity index (χ1) is 11.0. The van der Waals surface area contributed by atoms with Gasteiger partial charge in [-0.25, -0.2) is 0 Å². The number of aryl methyl sites for hydroxylation is 3. The molecule has 0 bridgehead atoms. The Labute approximate surface area is 136 Å². The lowest BCUT2D eigenvalue weighted by molar-refractivity contribution is 0.0954. The molecule has 2 N–H and O–H groups in total. The van der Waals surface area contributed by atoms with Gasteiger partial charge in [0.15, 0.2) is 0 Å². The lowest BCUT2D eigenvalue weighted by Crippen LogP contribution is -2.25. The predicted octanol–water partition coefficient (Wildman–Crippen LogP) is 4.07. The molecule has 1 aromatic heterocycles. The van der Waals surface area contributed by atoms with E-state index in [-0.39, 0.29) is 5.91 Å². The molecule has 0 aliphatic rings. The average molecular weight is 306 g/mol. The molecule has 1 heterocycles. The smallest absolute Gasteiger partial charge is 0.251 e. The van der Waals surface area contributed by atoms with Gasteiger partial charge < -0.3 is 10.3 Å². The number of carbonyl (C=O) groups excluding carboxylic acids is 1. The Hall–Kier alpha value is -2.55. The number of H-pyrrole nitrogens is 1. The second-order valence-corrected chi connectivity index (χ2v) is 6.25. The summed E-state index contributed by atoms with van der Waals surface area (Å²) in [5.41, 5.74) is 6.59. The van der Waals surface area contributed by atoms with Gasteiger partial charge in [0.2, 0.25) is 0 Å². The lowest BCUT2D eigenvalue weighted by atomic mass is 10.1. The van der Waals surface area contributed by atoms with Crippen LogP contribution in [0.25, 0.3) is 10.9 Å². The van der Waals surface area contributed by atoms with Crippen molar-refractivity contribution in [3.63, 3.8) is 0 Å². The molecular formula is C20H22N2O. The van der Waals surface area contributed by atoms with Crippen LogP contribution in [0.1, 0.15) is 32.6 Å². The molecule has 0 saturated carbocycles. The molecule has 2 aromatic carbocycles. The lowest BCUT2D eigenvalue weighted by Gasteiger charge is -2.07. The number of hydrogen-bond donors (Lipinski definition) is 2. The number of fused-ring (bicyclic) bond motifs is 1. The highest BCUT2D eigenvalue weighted by atomic mass is 16.1. The van der Waals surface area contributed by atoms with Crippen LogP contribution in [-0.2, 0) is 6.42 Å². The number of aromatic nitrogens is 1. The van der Waals surface area contributed by atoms with Gasteiger partial charge in [0.25, 0.3) is 5.91 Å². The van der Waals surface area contributed by atoms with E-state index in [9.17, 15) is 4.79 Å². The maximum Gasteiger partial charge on any atom is 0.251 e. The van der Waals surface area contributed by atoms with Crippen LogP contribution in [-0.4, -0.2) is 17.4 Å². The molecule has 3 rings (SSSR count). The van der Waals surface area contributed by atoms with Crippen LogP contribution >= 0.6 is 0 Å². The number of amides is 1. The highest BCUT2D eigenvalue weighted by molar-refractivity contribution is 5.94. The van der Waals surface area contributed by atoms with E-state index >= 15 is 0 Å². The van der Waals surface area contributed by atoms with Crippen LogP contribution in [0.15, 0.2) is 42.6 Å². The first kappa shape index (κ1) is 15.3. The number of hydrogen-bond acceptors (Lipinski definition) is 1. The zero-order valence-electron chi connectivity index (χ0n) is 13.9. The number of rotatable bonds is 4. The molecular weight excluding hydrogens is 284 g/mol. The molecule has 0 fully saturated rings. The average Bonchev–Trinajstić information content (AvgIpc) is 2.88. The molecule has 0 atom stereocenters. The molecule has 23 heavy (non-hydrogen) atoms. The van der Waals surface area contributed by atoms with Gasteiger partial charge in [0.1, 0.15) is 0 Å². The van der Waals surface area contributed by atoms with E-state index in [1.54, 1.807) is 0 Å². The van der Waals surface area contributed by atoms with Gasteiger partial charge in [0.05, 0.1) is 0 Å². The molecule has 0 saturated heterocycles. The van der Waals surface area contributed by atoms with Crippen molar-refractivity contribution in [3.05, 3.63) is 70.4 Å². The van der Waals surface area contributed by atoms with E-state index in [1.165, 1.54) is 16.5 Å². The zero-order chi connectivity index (χ0) is 16.4. The summed E-state index contributed by atoms with van der Waals surface area (Å²) < 4.78 is 0. The van der Waals surface area contributed by atoms with Crippen molar-refractivity contribution in [2.75, 3.05) is 6.54 Å². The van der Waals surface area contributed by atoms with Gasteiger partial charge in [-0.05, 0) is 57.0 Å². The second kappa shape index (κ2) is 6.29. The van der Waals surface area contributed by atoms with Crippen LogP contribution in [0, 0.1) is 20.8 Å². The molecule has 3 nitrogen and oxygen atoms in total. The van der Waals surface area contributed by atoms with E-state index in [0.29, 0.717) is 6.54 Å². The van der Waals surface area contributed by atoms with Crippen LogP contribution in [0.5, 0.6) is 0 Å². The van der Waals surface area contributed by atoms with Crippen molar-refractivity contribution in [3.8, 4) is 0 Å². The molecule has 0 radical (unpaired) electrons. The summed E-state index contributed by atoms with van der Waals surface area (Å²) in [7, 11) is 0. The van der Waals surface area contributed by atoms with E-state index in [1.807, 2.05) is 32.2 Å². The van der Waals surface area contributed by atoms with Crippen molar-refractivity contribution in [2.24, 2.45) is 0 Å². The quantitative estimate of drug-likeness (QED) is 0.750. The second-order valence-electron chi connectivity index (χ2n) is 6.25. The first-order valence-electron chi connectivity index (χ1n) is 7.96. The van der Waals surface area contributed by atoms with Gasteiger partial charge in [-0.2, -0.15) is 0 Å². The number of benzene rings is 2. The Morgan fingerprint density at radius 2 is 1.74 bits per heavy atom. The summed E-state index contributed by atoms with van der Waals surface area (Å²) in [5, 5.41) is 4.26. The Balaban J connectivity index is 1.66. The molecule has 3 aromatic rings. The maximum absolute atomic E-state index is 12.3. The molecule has 0 unspecified atom stereocenters. The van der Waals surface area contributed by atoms with Gasteiger partial charge in [-0.15, -0.1) is 0 Å². The third-order valence-corrected chi connectivity index (χ3v) is 4.09. The Bertz CT molecular complexity index is 841. The van der Waals surface area contributed by atoms with Gasteiger partial charge in [-0.1, -0.05) is 28.8 Å². The zero-order valence-corrected chi connectivity index (χ0v) is 13.9. The number of carbonyl (C=O) groups is 1. The summed E-state index contributed by atoms with van der Waals surface area (Å²) in [6.45, 7) is 6.75. The summed E-state index contributed by atoms with van der Waals surface area (Å²) in [5.74, 6) is -0.00665. The van der Waals surface area contributed by atoms with Crippen molar-refractivity contribution in [1.82, 2.24) is 10.3 Å². The fourth-order valence-electron chi connectivity index (χ4n) is 3.02. The largest absolute Gasteiger partial charge is 0.361 e. The Morgan fingerprint density at radius 1 is 1.00 bits per heavy atom. The third kappa shape index (κ3) is 3.45. The minimum atomic E-state index is -0.00665. The van der Waals surface area contributed by atoms with E-state index in [2.05, 4.69) is 41.5 Å². The highest BCUT2D eigenvalue weighted by Gasteiger charge is 2.08. The van der Waals surface area contributed by atoms with Crippen LogP contribution in [0.2, 0.25) is 0 Å². The molecule has 0 aliphatic heterocycles. The van der Waals surface area contributed by atoms with Crippen LogP contribution < -0.4 is 5.32 Å². The maximum atomic E-state index is 12.3. The minimum absolute atomic E-state index is 0.00665. The fraction of sp³-hybridized carbons (Fsp3) is 0.250. The van der Waals surface area contributed by atoms with Crippen molar-refractivity contribution >= 4 is 16.8 Å². The summed E-state index contributed by atoms with van der Waals surface area (Å²) in [4.78, 5) is 15.6. The third-order valence-electron chi connectivity index (χ3n) is 4.09. The van der Waals surface area contributed by atoms with Gasteiger partial charge >= 0.3 is 0 Å². The Morgan fingerprint density at radius 3 is 2.48 bits per heavy atom. The van der Waals surface area contributed by atoms with Crippen molar-refractivity contribution in [2.45, 2.75) is 27.2 Å². The number of nitrogens with one attached hydrogen (secondary N) is 2. The molecule has 1 amide bonds. The minimum Gasteiger partial charge on any atom is -0.361 e. The summed E-state index contributed by atoms with van der Waals surface area (Å²) in [6.07, 6.45) is 2.85. The topological polar surface area (TPSA) is 44.9 Å². The molecule has 3 heteroatoms. The van der Waals surface area contributed by atoms with Crippen molar-refractivity contribution in [1.29, 1.82) is 0 Å². The normalized spacial score (nSPS) is 10.9. The summed E-state index contributed by atoms with van der Waals surface area (Å²) >= 11 is 0. The van der Waals surface area contributed by atoms with Crippen LogP contribution in [0.3, 0.4) is 0 Å².